The van der Waals surface area contributed by atoms with E-state index in [2.05, 4.69) is 5.32 Å². The van der Waals surface area contributed by atoms with Gasteiger partial charge in [-0.2, -0.15) is 0 Å². The zero-order valence-corrected chi connectivity index (χ0v) is 15.5. The number of piperidine rings is 1. The highest BCUT2D eigenvalue weighted by Gasteiger charge is 2.29. The second kappa shape index (κ2) is 7.77. The first kappa shape index (κ1) is 20.4. The zero-order valence-electron chi connectivity index (χ0n) is 15.5. The predicted molar refractivity (Wildman–Crippen MR) is 95.8 cm³/mol. The molecular formula is C17H23FN4O5. The minimum atomic E-state index is -0.949. The number of nitrogens with zero attached hydrogens (tertiary/aromatic N) is 2. The highest BCUT2D eigenvalue weighted by Crippen LogP contribution is 2.25. The number of carbonyl (C=O) groups excluding carboxylic acids is 2. The van der Waals surface area contributed by atoms with E-state index in [1.54, 1.807) is 20.8 Å². The number of hydrogen-bond acceptors (Lipinski definition) is 6. The number of ether oxygens (including phenoxy) is 1. The van der Waals surface area contributed by atoms with Crippen LogP contribution in [0.3, 0.4) is 0 Å². The number of nitro groups is 1. The molecule has 0 bridgehead atoms. The Balaban J connectivity index is 2.08. The Morgan fingerprint density at radius 3 is 2.67 bits per heavy atom. The number of nitrogens with one attached hydrogen (secondary N) is 1. The average Bonchev–Trinajstić information content (AvgIpc) is 2.53. The van der Waals surface area contributed by atoms with Crippen molar-refractivity contribution in [2.24, 2.45) is 0 Å². The van der Waals surface area contributed by atoms with Crippen molar-refractivity contribution in [1.29, 1.82) is 0 Å². The molecule has 1 aliphatic heterocycles. The number of nitrogens with two attached hydrogens (primary N) is 1. The number of likely N-dealkylation sites (tertiary alicyclic amines) is 1. The smallest absolute Gasteiger partial charge is 0.410 e. The van der Waals surface area contributed by atoms with Crippen molar-refractivity contribution in [3.63, 3.8) is 0 Å². The van der Waals surface area contributed by atoms with Crippen molar-refractivity contribution in [3.05, 3.63) is 33.6 Å². The van der Waals surface area contributed by atoms with E-state index in [0.29, 0.717) is 19.4 Å². The second-order valence-corrected chi connectivity index (χ2v) is 7.39. The second-order valence-electron chi connectivity index (χ2n) is 7.39. The molecule has 2 amide bonds. The van der Waals surface area contributed by atoms with Crippen LogP contribution < -0.4 is 11.1 Å². The molecule has 0 radical (unpaired) electrons. The summed E-state index contributed by atoms with van der Waals surface area (Å²) in [5.74, 6) is -1.75. The lowest BCUT2D eigenvalue weighted by Gasteiger charge is -2.34. The van der Waals surface area contributed by atoms with Crippen molar-refractivity contribution >= 4 is 23.4 Å². The van der Waals surface area contributed by atoms with Crippen LogP contribution in [0.4, 0.5) is 20.6 Å². The summed E-state index contributed by atoms with van der Waals surface area (Å²) in [6.45, 7) is 5.96. The largest absolute Gasteiger partial charge is 0.444 e. The highest BCUT2D eigenvalue weighted by atomic mass is 19.1. The maximum Gasteiger partial charge on any atom is 0.410 e. The monoisotopic (exact) mass is 382 g/mol. The van der Waals surface area contributed by atoms with Gasteiger partial charge in [-0.15, -0.1) is 0 Å². The summed E-state index contributed by atoms with van der Waals surface area (Å²) in [4.78, 5) is 36.2. The summed E-state index contributed by atoms with van der Waals surface area (Å²) in [6, 6.07) is 1.14. The molecule has 9 nitrogen and oxygen atoms in total. The third-order valence-electron chi connectivity index (χ3n) is 3.97. The normalized spacial score (nSPS) is 17.3. The molecule has 0 spiro atoms. The van der Waals surface area contributed by atoms with Gasteiger partial charge in [-0.25, -0.2) is 9.18 Å². The van der Waals surface area contributed by atoms with E-state index in [4.69, 9.17) is 10.5 Å². The maximum absolute atomic E-state index is 14.0. The van der Waals surface area contributed by atoms with E-state index in [1.165, 1.54) is 4.90 Å². The van der Waals surface area contributed by atoms with Crippen molar-refractivity contribution < 1.29 is 23.6 Å². The molecule has 1 atom stereocenters. The lowest BCUT2D eigenvalue weighted by molar-refractivity contribution is -0.384. The standard InChI is InChI=1S/C17H23FN4O5/c1-17(2,3)27-16(24)21-6-4-5-10(9-21)20-15(23)11-7-14(22(25)26)13(19)8-12(11)18/h7-8,10H,4-6,9,19H2,1-3H3,(H,20,23). The van der Waals surface area contributed by atoms with Crippen molar-refractivity contribution in [2.75, 3.05) is 18.8 Å². The Hall–Kier alpha value is -2.91. The van der Waals surface area contributed by atoms with Gasteiger partial charge in [-0.05, 0) is 33.6 Å². The number of carbonyl (C=O) groups is 2. The van der Waals surface area contributed by atoms with Crippen LogP contribution in [0.15, 0.2) is 12.1 Å². The Morgan fingerprint density at radius 1 is 1.41 bits per heavy atom. The summed E-state index contributed by atoms with van der Waals surface area (Å²) < 4.78 is 19.4. The molecule has 1 aromatic carbocycles. The molecule has 148 valence electrons. The van der Waals surface area contributed by atoms with Gasteiger partial charge >= 0.3 is 6.09 Å². The molecule has 0 aromatic heterocycles. The van der Waals surface area contributed by atoms with Gasteiger partial charge in [0.25, 0.3) is 11.6 Å². The summed E-state index contributed by atoms with van der Waals surface area (Å²) in [7, 11) is 0. The molecule has 27 heavy (non-hydrogen) atoms. The molecule has 0 saturated carbocycles. The van der Waals surface area contributed by atoms with Gasteiger partial charge in [0.05, 0.1) is 10.5 Å². The molecule has 0 aliphatic carbocycles. The minimum absolute atomic E-state index is 0.208. The van der Waals surface area contributed by atoms with Gasteiger partial charge < -0.3 is 20.7 Å². The van der Waals surface area contributed by atoms with Crippen LogP contribution in [0.25, 0.3) is 0 Å². The first-order valence-corrected chi connectivity index (χ1v) is 8.50. The van der Waals surface area contributed by atoms with E-state index in [9.17, 15) is 24.1 Å². The lowest BCUT2D eigenvalue weighted by atomic mass is 10.0. The number of anilines is 1. The SMILES string of the molecule is CC(C)(C)OC(=O)N1CCCC(NC(=O)c2cc([N+](=O)[O-])c(N)cc2F)C1. The van der Waals surface area contributed by atoms with Crippen LogP contribution in [0.1, 0.15) is 44.0 Å². The molecular weight excluding hydrogens is 359 g/mol. The molecule has 1 aromatic rings. The van der Waals surface area contributed by atoms with Gasteiger partial charge in [0.15, 0.2) is 0 Å². The van der Waals surface area contributed by atoms with Crippen molar-refractivity contribution in [2.45, 2.75) is 45.3 Å². The fourth-order valence-electron chi connectivity index (χ4n) is 2.76. The predicted octanol–water partition coefficient (Wildman–Crippen LogP) is 2.45. The molecule has 1 heterocycles. The average molecular weight is 382 g/mol. The van der Waals surface area contributed by atoms with E-state index < -0.39 is 45.6 Å². The first-order chi connectivity index (χ1) is 12.5. The number of halogens is 1. The summed E-state index contributed by atoms with van der Waals surface area (Å²) in [6.07, 6.45) is 0.730. The summed E-state index contributed by atoms with van der Waals surface area (Å²) in [5, 5.41) is 13.6. The van der Waals surface area contributed by atoms with Crippen LogP contribution in [-0.4, -0.2) is 46.6 Å². The fraction of sp³-hybridized carbons (Fsp3) is 0.529. The summed E-state index contributed by atoms with van der Waals surface area (Å²) in [5.41, 5.74) is 3.40. The molecule has 10 heteroatoms. The zero-order chi connectivity index (χ0) is 20.4. The molecule has 1 fully saturated rings. The van der Waals surface area contributed by atoms with Crippen LogP contribution in [0.5, 0.6) is 0 Å². The van der Waals surface area contributed by atoms with E-state index >= 15 is 0 Å². The van der Waals surface area contributed by atoms with E-state index in [0.717, 1.165) is 12.1 Å². The third kappa shape index (κ3) is 5.28. The topological polar surface area (TPSA) is 128 Å². The van der Waals surface area contributed by atoms with Crippen LogP contribution in [0, 0.1) is 15.9 Å². The van der Waals surface area contributed by atoms with Crippen LogP contribution in [0.2, 0.25) is 0 Å². The summed E-state index contributed by atoms with van der Waals surface area (Å²) >= 11 is 0. The minimum Gasteiger partial charge on any atom is -0.444 e. The van der Waals surface area contributed by atoms with Crippen molar-refractivity contribution in [3.8, 4) is 0 Å². The van der Waals surface area contributed by atoms with Gasteiger partial charge in [0.2, 0.25) is 0 Å². The Bertz CT molecular complexity index is 762. The van der Waals surface area contributed by atoms with Gasteiger partial charge in [-0.3, -0.25) is 14.9 Å². The molecule has 1 unspecified atom stereocenters. The van der Waals surface area contributed by atoms with Crippen LogP contribution >= 0.6 is 0 Å². The number of benzene rings is 1. The Morgan fingerprint density at radius 2 is 2.07 bits per heavy atom. The Labute approximate surface area is 155 Å². The number of nitro benzene ring substituents is 1. The first-order valence-electron chi connectivity index (χ1n) is 8.50. The Kier molecular flexibility index (Phi) is 5.87. The molecule has 1 saturated heterocycles. The number of hydrogen-bond donors (Lipinski definition) is 2. The van der Waals surface area contributed by atoms with Gasteiger partial charge in [0.1, 0.15) is 17.1 Å². The molecule has 1 aliphatic rings. The van der Waals surface area contributed by atoms with Gasteiger partial charge in [-0.1, -0.05) is 0 Å². The fourth-order valence-corrected chi connectivity index (χ4v) is 2.76. The lowest BCUT2D eigenvalue weighted by Crippen LogP contribution is -2.50. The van der Waals surface area contributed by atoms with Crippen molar-refractivity contribution in [1.82, 2.24) is 10.2 Å². The molecule has 2 rings (SSSR count). The van der Waals surface area contributed by atoms with Gasteiger partial charge in [0, 0.05) is 31.3 Å². The van der Waals surface area contributed by atoms with E-state index in [1.807, 2.05) is 0 Å². The maximum atomic E-state index is 14.0. The number of amides is 2. The molecule has 3 N–H and O–H groups in total. The third-order valence-corrected chi connectivity index (χ3v) is 3.97. The highest BCUT2D eigenvalue weighted by molar-refractivity contribution is 5.96. The number of nitrogen functional groups attached to an aromatic ring is 1. The van der Waals surface area contributed by atoms with Crippen LogP contribution in [-0.2, 0) is 4.74 Å². The quantitative estimate of drug-likeness (QED) is 0.469. The number of rotatable bonds is 3. The van der Waals surface area contributed by atoms with E-state index in [-0.39, 0.29) is 12.2 Å².